The summed E-state index contributed by atoms with van der Waals surface area (Å²) in [5, 5.41) is 0.879. The quantitative estimate of drug-likeness (QED) is 0.620. The Morgan fingerprint density at radius 3 is 2.54 bits per heavy atom. The highest BCUT2D eigenvalue weighted by molar-refractivity contribution is 9.08. The summed E-state index contributed by atoms with van der Waals surface area (Å²) in [5.41, 5.74) is 3.48. The van der Waals surface area contributed by atoms with Crippen LogP contribution in [0.25, 0.3) is 5.57 Å². The molecule has 3 nitrogen and oxygen atoms in total. The van der Waals surface area contributed by atoms with Crippen molar-refractivity contribution < 1.29 is 9.53 Å². The smallest absolute Gasteiger partial charge is 0.411 e. The van der Waals surface area contributed by atoms with Crippen molar-refractivity contribution in [2.75, 3.05) is 0 Å². The number of benzene rings is 1. The molecule has 1 saturated heterocycles. The molecule has 3 rings (SSSR count). The molecule has 2 atom stereocenters. The molecule has 2 aliphatic rings. The summed E-state index contributed by atoms with van der Waals surface area (Å²) in [6.07, 6.45) is 6.31. The van der Waals surface area contributed by atoms with Crippen LogP contribution in [0.5, 0.6) is 0 Å². The molecule has 2 bridgehead atoms. The van der Waals surface area contributed by atoms with Crippen LogP contribution in [-0.2, 0) is 10.1 Å². The molecule has 0 N–H and O–H groups in total. The molecule has 1 aromatic rings. The number of hydrogen-bond donors (Lipinski definition) is 0. The molecule has 2 heterocycles. The molecule has 2 unspecified atom stereocenters. The lowest BCUT2D eigenvalue weighted by Gasteiger charge is -2.45. The molecule has 0 saturated carbocycles. The van der Waals surface area contributed by atoms with Crippen LogP contribution >= 0.6 is 15.9 Å². The maximum atomic E-state index is 12.6. The molecule has 4 heteroatoms. The van der Waals surface area contributed by atoms with Crippen LogP contribution in [0.15, 0.2) is 30.3 Å². The highest BCUT2D eigenvalue weighted by Gasteiger charge is 2.39. The number of hydrogen-bond acceptors (Lipinski definition) is 2. The van der Waals surface area contributed by atoms with E-state index in [4.69, 9.17) is 4.74 Å². The minimum atomic E-state index is -0.444. The molecule has 24 heavy (non-hydrogen) atoms. The predicted molar refractivity (Wildman–Crippen MR) is 101 cm³/mol. The molecule has 0 aliphatic carbocycles. The van der Waals surface area contributed by atoms with E-state index < -0.39 is 5.60 Å². The molecule has 1 amide bonds. The second-order valence-corrected chi connectivity index (χ2v) is 8.33. The van der Waals surface area contributed by atoms with Gasteiger partial charge in [0.05, 0.1) is 6.04 Å². The van der Waals surface area contributed by atoms with E-state index >= 15 is 0 Å². The number of fused-ring (bicyclic) bond motifs is 2. The van der Waals surface area contributed by atoms with Gasteiger partial charge in [-0.2, -0.15) is 0 Å². The number of nitrogens with zero attached hydrogens (tertiary/aromatic N) is 1. The number of carbonyl (C=O) groups excluding carboxylic acids is 1. The number of ether oxygens (including phenoxy) is 1. The fraction of sp³-hybridized carbons (Fsp3) is 0.550. The first-order valence-electron chi connectivity index (χ1n) is 8.74. The fourth-order valence-electron chi connectivity index (χ4n) is 3.65. The van der Waals surface area contributed by atoms with E-state index in [0.717, 1.165) is 24.6 Å². The second kappa shape index (κ2) is 6.91. The van der Waals surface area contributed by atoms with Crippen LogP contribution in [0.2, 0.25) is 0 Å². The van der Waals surface area contributed by atoms with Gasteiger partial charge in [0.15, 0.2) is 0 Å². The van der Waals surface area contributed by atoms with E-state index in [2.05, 4.69) is 46.3 Å². The predicted octanol–water partition coefficient (Wildman–Crippen LogP) is 5.53. The summed E-state index contributed by atoms with van der Waals surface area (Å²) in [6.45, 7) is 5.78. The molecular formula is C20H26BrNO2. The largest absolute Gasteiger partial charge is 0.444 e. The molecular weight excluding hydrogens is 366 g/mol. The molecule has 130 valence electrons. The first-order valence-corrected chi connectivity index (χ1v) is 9.87. The van der Waals surface area contributed by atoms with Crippen molar-refractivity contribution in [3.63, 3.8) is 0 Å². The van der Waals surface area contributed by atoms with Gasteiger partial charge in [-0.3, -0.25) is 4.90 Å². The minimum Gasteiger partial charge on any atom is -0.444 e. The Kier molecular flexibility index (Phi) is 5.05. The summed E-state index contributed by atoms with van der Waals surface area (Å²) in [4.78, 5) is 14.6. The molecule has 1 fully saturated rings. The van der Waals surface area contributed by atoms with Crippen molar-refractivity contribution >= 4 is 27.6 Å². The van der Waals surface area contributed by atoms with Gasteiger partial charge in [0.2, 0.25) is 0 Å². The Bertz CT molecular complexity index is 630. The normalized spacial score (nSPS) is 23.7. The van der Waals surface area contributed by atoms with Crippen molar-refractivity contribution in [3.8, 4) is 0 Å². The van der Waals surface area contributed by atoms with Crippen molar-refractivity contribution in [3.05, 3.63) is 41.5 Å². The summed E-state index contributed by atoms with van der Waals surface area (Å²) in [5.74, 6) is 0. The Hall–Kier alpha value is -1.29. The number of halogens is 1. The maximum Gasteiger partial charge on any atom is 0.411 e. The minimum absolute atomic E-state index is 0.165. The number of carbonyl (C=O) groups is 1. The van der Waals surface area contributed by atoms with Crippen LogP contribution in [0.4, 0.5) is 4.79 Å². The first-order chi connectivity index (χ1) is 11.4. The summed E-state index contributed by atoms with van der Waals surface area (Å²) >= 11 is 3.49. The summed E-state index contributed by atoms with van der Waals surface area (Å²) in [7, 11) is 0. The third-order valence-corrected chi connectivity index (χ3v) is 5.37. The number of amides is 1. The fourth-order valence-corrected chi connectivity index (χ4v) is 4.02. The van der Waals surface area contributed by atoms with Gasteiger partial charge in [-0.05, 0) is 63.2 Å². The lowest BCUT2D eigenvalue weighted by atomic mass is 9.83. The zero-order valence-electron chi connectivity index (χ0n) is 14.7. The monoisotopic (exact) mass is 391 g/mol. The topological polar surface area (TPSA) is 29.5 Å². The zero-order valence-corrected chi connectivity index (χ0v) is 16.3. The van der Waals surface area contributed by atoms with Gasteiger partial charge >= 0.3 is 6.09 Å². The zero-order chi connectivity index (χ0) is 17.3. The lowest BCUT2D eigenvalue weighted by molar-refractivity contribution is 0.0000864. The number of piperidine rings is 1. The maximum absolute atomic E-state index is 12.6. The van der Waals surface area contributed by atoms with Gasteiger partial charge in [-0.1, -0.05) is 46.3 Å². The second-order valence-electron chi connectivity index (χ2n) is 7.77. The van der Waals surface area contributed by atoms with Crippen LogP contribution in [0.1, 0.15) is 57.6 Å². The first kappa shape index (κ1) is 17.5. The highest BCUT2D eigenvalue weighted by atomic mass is 79.9. The van der Waals surface area contributed by atoms with E-state index in [1.165, 1.54) is 23.1 Å². The van der Waals surface area contributed by atoms with Gasteiger partial charge in [0, 0.05) is 11.4 Å². The Balaban J connectivity index is 1.82. The van der Waals surface area contributed by atoms with E-state index in [1.54, 1.807) is 0 Å². The van der Waals surface area contributed by atoms with Gasteiger partial charge in [-0.25, -0.2) is 4.79 Å². The molecule has 0 radical (unpaired) electrons. The molecule has 1 aromatic carbocycles. The van der Waals surface area contributed by atoms with Crippen molar-refractivity contribution in [1.82, 2.24) is 4.90 Å². The van der Waals surface area contributed by atoms with Gasteiger partial charge in [0.25, 0.3) is 0 Å². The van der Waals surface area contributed by atoms with Crippen molar-refractivity contribution in [1.29, 1.82) is 0 Å². The number of rotatable bonds is 2. The van der Waals surface area contributed by atoms with E-state index in [1.807, 2.05) is 25.7 Å². The van der Waals surface area contributed by atoms with E-state index in [9.17, 15) is 4.79 Å². The Morgan fingerprint density at radius 1 is 1.25 bits per heavy atom. The van der Waals surface area contributed by atoms with Crippen LogP contribution < -0.4 is 0 Å². The third-order valence-electron chi connectivity index (χ3n) is 4.72. The van der Waals surface area contributed by atoms with Gasteiger partial charge in [-0.15, -0.1) is 0 Å². The lowest BCUT2D eigenvalue weighted by Crippen LogP contribution is -2.53. The average molecular weight is 392 g/mol. The summed E-state index contributed by atoms with van der Waals surface area (Å²) in [6, 6.07) is 9.15. The molecule has 0 aromatic heterocycles. The van der Waals surface area contributed by atoms with Crippen LogP contribution in [0, 0.1) is 0 Å². The SMILES string of the molecule is CC(C)(C)OC(=O)N1C2C=C(c3ccc(CBr)cc3)CC1CCC2. The van der Waals surface area contributed by atoms with Crippen molar-refractivity contribution in [2.24, 2.45) is 0 Å². The molecule has 2 aliphatic heterocycles. The highest BCUT2D eigenvalue weighted by Crippen LogP contribution is 2.38. The Labute approximate surface area is 153 Å². The average Bonchev–Trinajstić information content (AvgIpc) is 2.52. The van der Waals surface area contributed by atoms with E-state index in [0.29, 0.717) is 0 Å². The standard InChI is InChI=1S/C20H26BrNO2/c1-20(2,3)24-19(23)22-17-5-4-6-18(22)12-16(11-17)15-9-7-14(13-21)8-10-15/h7-11,17-18H,4-6,12-13H2,1-3H3. The third kappa shape index (κ3) is 3.85. The van der Waals surface area contributed by atoms with Gasteiger partial charge < -0.3 is 4.74 Å². The van der Waals surface area contributed by atoms with E-state index in [-0.39, 0.29) is 18.2 Å². The Morgan fingerprint density at radius 2 is 1.96 bits per heavy atom. The van der Waals surface area contributed by atoms with Crippen LogP contribution in [-0.4, -0.2) is 28.7 Å². The van der Waals surface area contributed by atoms with Crippen LogP contribution in [0.3, 0.4) is 0 Å². The van der Waals surface area contributed by atoms with Crippen molar-refractivity contribution in [2.45, 2.75) is 69.5 Å². The number of alkyl halides is 1. The molecule has 0 spiro atoms. The summed E-state index contributed by atoms with van der Waals surface area (Å²) < 4.78 is 5.64. The van der Waals surface area contributed by atoms with Gasteiger partial charge in [0.1, 0.15) is 5.60 Å².